The van der Waals surface area contributed by atoms with E-state index in [0.717, 1.165) is 42.8 Å². The molecule has 226 valence electrons. The Bertz CT molecular complexity index is 1510. The molecule has 0 unspecified atom stereocenters. The molecule has 42 heavy (non-hydrogen) atoms. The van der Waals surface area contributed by atoms with Crippen LogP contribution < -0.4 is 14.4 Å². The lowest BCUT2D eigenvalue weighted by atomic mass is 9.68. The van der Waals surface area contributed by atoms with Gasteiger partial charge >= 0.3 is 0 Å². The Morgan fingerprint density at radius 2 is 1.90 bits per heavy atom. The Hall–Kier alpha value is -2.55. The number of fused-ring (bicyclic) bond motifs is 4. The molecule has 9 heteroatoms. The zero-order valence-electron chi connectivity index (χ0n) is 24.6. The van der Waals surface area contributed by atoms with Crippen LogP contribution in [0.1, 0.15) is 67.9 Å². The van der Waals surface area contributed by atoms with Crippen LogP contribution in [0.2, 0.25) is 5.02 Å². The van der Waals surface area contributed by atoms with Gasteiger partial charge < -0.3 is 14.7 Å². The van der Waals surface area contributed by atoms with E-state index in [2.05, 4.69) is 21.8 Å². The standard InChI is InChI=1S/C33H41ClN2O5S/c1-20-6-12-30(37)27-10-7-25(27)17-36-18-33(14-4-5-23-15-26(34)9-11-28(23)33)19-41-31-13-8-24(16-29(31)36)32(38)35-42(39,40)22(3)21(20)2/h6,8-9,11-13,15-16,20-22,25,27,30,37H,4-5,7,10,14,17-19H2,1-3H3,(H,35,38)/b12-6+/t20-,21+,22-,25-,27+,30-,33-/m0/s1. The van der Waals surface area contributed by atoms with Crippen molar-refractivity contribution in [3.63, 3.8) is 0 Å². The summed E-state index contributed by atoms with van der Waals surface area (Å²) in [6, 6.07) is 11.4. The van der Waals surface area contributed by atoms with Crippen LogP contribution in [-0.4, -0.2) is 50.5 Å². The van der Waals surface area contributed by atoms with Crippen LogP contribution in [0.4, 0.5) is 5.69 Å². The highest BCUT2D eigenvalue weighted by Gasteiger charge is 2.44. The van der Waals surface area contributed by atoms with Crippen molar-refractivity contribution in [3.05, 3.63) is 70.3 Å². The molecule has 4 aliphatic rings. The summed E-state index contributed by atoms with van der Waals surface area (Å²) in [5.41, 5.74) is 3.32. The van der Waals surface area contributed by atoms with Gasteiger partial charge in [0.05, 0.1) is 23.6 Å². The van der Waals surface area contributed by atoms with Crippen molar-refractivity contribution < 1.29 is 23.1 Å². The maximum absolute atomic E-state index is 13.4. The van der Waals surface area contributed by atoms with Crippen LogP contribution in [-0.2, 0) is 21.9 Å². The molecule has 2 aliphatic carbocycles. The minimum absolute atomic E-state index is 0.0962. The van der Waals surface area contributed by atoms with Crippen LogP contribution in [0.25, 0.3) is 0 Å². The Balaban J connectivity index is 1.43. The zero-order valence-corrected chi connectivity index (χ0v) is 26.1. The summed E-state index contributed by atoms with van der Waals surface area (Å²) in [7, 11) is -3.94. The highest BCUT2D eigenvalue weighted by Crippen LogP contribution is 2.46. The van der Waals surface area contributed by atoms with E-state index in [1.807, 2.05) is 32.1 Å². The second-order valence-electron chi connectivity index (χ2n) is 13.1. The summed E-state index contributed by atoms with van der Waals surface area (Å²) in [4.78, 5) is 15.7. The predicted octanol–water partition coefficient (Wildman–Crippen LogP) is 5.49. The number of aryl methyl sites for hydroxylation is 1. The average Bonchev–Trinajstić information content (AvgIpc) is 3.09. The molecule has 0 saturated heterocycles. The first-order chi connectivity index (χ1) is 20.0. The number of sulfonamides is 1. The van der Waals surface area contributed by atoms with E-state index in [4.69, 9.17) is 16.3 Å². The highest BCUT2D eigenvalue weighted by molar-refractivity contribution is 7.90. The lowest BCUT2D eigenvalue weighted by Crippen LogP contribution is -2.49. The highest BCUT2D eigenvalue weighted by atomic mass is 35.5. The van der Waals surface area contributed by atoms with E-state index < -0.39 is 27.3 Å². The Kier molecular flexibility index (Phi) is 7.86. The van der Waals surface area contributed by atoms with E-state index in [0.29, 0.717) is 25.4 Å². The molecule has 7 nitrogen and oxygen atoms in total. The third-order valence-electron chi connectivity index (χ3n) is 10.6. The van der Waals surface area contributed by atoms with E-state index in [1.165, 1.54) is 11.1 Å². The molecule has 2 aromatic carbocycles. The summed E-state index contributed by atoms with van der Waals surface area (Å²) in [6.45, 7) is 7.36. The van der Waals surface area contributed by atoms with Gasteiger partial charge in [-0.25, -0.2) is 13.1 Å². The molecule has 0 radical (unpaired) electrons. The SMILES string of the molecule is C[C@@H]1[C@@H](C)/C=C/[C@H](O)[C@@H]2CC[C@H]2CN2C[C@@]3(CCCc4cc(Cl)ccc43)COc3ccc(cc32)C(=O)NS(=O)(=O)[C@H]1C. The van der Waals surface area contributed by atoms with E-state index in [1.54, 1.807) is 25.1 Å². The molecule has 2 N–H and O–H groups in total. The monoisotopic (exact) mass is 612 g/mol. The van der Waals surface area contributed by atoms with Crippen molar-refractivity contribution in [1.29, 1.82) is 0 Å². The molecule has 7 atom stereocenters. The zero-order chi connectivity index (χ0) is 29.8. The minimum Gasteiger partial charge on any atom is -0.490 e. The van der Waals surface area contributed by atoms with Gasteiger partial charge in [-0.05, 0) is 104 Å². The molecule has 1 fully saturated rings. The van der Waals surface area contributed by atoms with E-state index in [9.17, 15) is 18.3 Å². The molecular formula is C33H41ClN2O5S. The van der Waals surface area contributed by atoms with Crippen molar-refractivity contribution in [2.45, 2.75) is 69.6 Å². The predicted molar refractivity (Wildman–Crippen MR) is 166 cm³/mol. The first kappa shape index (κ1) is 29.5. The molecule has 0 aromatic heterocycles. The van der Waals surface area contributed by atoms with Gasteiger partial charge in [-0.1, -0.05) is 43.7 Å². The number of halogens is 1. The van der Waals surface area contributed by atoms with Crippen LogP contribution in [0, 0.1) is 23.7 Å². The number of aliphatic hydroxyl groups excluding tert-OH is 1. The number of nitrogens with zero attached hydrogens (tertiary/aromatic N) is 1. The molecule has 2 aromatic rings. The topological polar surface area (TPSA) is 95.9 Å². The molecule has 2 heterocycles. The number of carbonyl (C=O) groups is 1. The van der Waals surface area contributed by atoms with Crippen molar-refractivity contribution >= 4 is 33.2 Å². The molecule has 2 bridgehead atoms. The van der Waals surface area contributed by atoms with Gasteiger partial charge in [-0.2, -0.15) is 0 Å². The minimum atomic E-state index is -3.94. The number of ether oxygens (including phenoxy) is 1. The van der Waals surface area contributed by atoms with Gasteiger partial charge in [0, 0.05) is 29.1 Å². The molecule has 1 saturated carbocycles. The second-order valence-corrected chi connectivity index (χ2v) is 15.5. The van der Waals surface area contributed by atoms with Crippen LogP contribution in [0.3, 0.4) is 0 Å². The fourth-order valence-corrected chi connectivity index (χ4v) is 8.98. The van der Waals surface area contributed by atoms with Crippen LogP contribution in [0.5, 0.6) is 5.75 Å². The van der Waals surface area contributed by atoms with Crippen LogP contribution in [0.15, 0.2) is 48.6 Å². The smallest absolute Gasteiger partial charge is 0.264 e. The number of hydrogen-bond donors (Lipinski definition) is 2. The largest absolute Gasteiger partial charge is 0.490 e. The summed E-state index contributed by atoms with van der Waals surface area (Å²) in [5, 5.41) is 11.1. The number of aliphatic hydroxyl groups is 1. The number of rotatable bonds is 0. The molecule has 1 spiro atoms. The quantitative estimate of drug-likeness (QED) is 0.382. The maximum atomic E-state index is 13.4. The molecule has 1 amide bonds. The lowest BCUT2D eigenvalue weighted by molar-refractivity contribution is 0.0454. The van der Waals surface area contributed by atoms with Gasteiger partial charge in [-0.3, -0.25) is 4.79 Å². The lowest BCUT2D eigenvalue weighted by Gasteiger charge is -2.45. The number of amides is 1. The van der Waals surface area contributed by atoms with Crippen molar-refractivity contribution in [2.24, 2.45) is 23.7 Å². The maximum Gasteiger partial charge on any atom is 0.264 e. The molecule has 6 rings (SSSR count). The number of nitrogens with one attached hydrogen (secondary N) is 1. The number of allylic oxidation sites excluding steroid dienone is 1. The van der Waals surface area contributed by atoms with Gasteiger partial charge in [0.25, 0.3) is 5.91 Å². The van der Waals surface area contributed by atoms with Gasteiger partial charge in [0.15, 0.2) is 0 Å². The summed E-state index contributed by atoms with van der Waals surface area (Å²) in [6.07, 6.45) is 8.11. The van der Waals surface area contributed by atoms with E-state index >= 15 is 0 Å². The fraction of sp³-hybridized carbons (Fsp3) is 0.545. The summed E-state index contributed by atoms with van der Waals surface area (Å²) in [5.74, 6) is 0.0790. The Morgan fingerprint density at radius 3 is 2.67 bits per heavy atom. The molecule has 2 aliphatic heterocycles. The van der Waals surface area contributed by atoms with Gasteiger partial charge in [-0.15, -0.1) is 0 Å². The first-order valence-corrected chi connectivity index (χ1v) is 17.1. The summed E-state index contributed by atoms with van der Waals surface area (Å²) >= 11 is 6.39. The normalized spacial score (nSPS) is 35.1. The fourth-order valence-electron chi connectivity index (χ4n) is 7.41. The summed E-state index contributed by atoms with van der Waals surface area (Å²) < 4.78 is 35.4. The number of anilines is 1. The van der Waals surface area contributed by atoms with Crippen LogP contribution >= 0.6 is 11.6 Å². The van der Waals surface area contributed by atoms with Crippen molar-refractivity contribution in [2.75, 3.05) is 24.6 Å². The number of carbonyl (C=O) groups excluding carboxylic acids is 1. The number of benzene rings is 2. The van der Waals surface area contributed by atoms with Crippen molar-refractivity contribution in [1.82, 2.24) is 4.72 Å². The Morgan fingerprint density at radius 1 is 1.10 bits per heavy atom. The first-order valence-electron chi connectivity index (χ1n) is 15.2. The van der Waals surface area contributed by atoms with Crippen molar-refractivity contribution in [3.8, 4) is 5.75 Å². The van der Waals surface area contributed by atoms with Gasteiger partial charge in [0.2, 0.25) is 10.0 Å². The average molecular weight is 613 g/mol. The third-order valence-corrected chi connectivity index (χ3v) is 12.7. The van der Waals surface area contributed by atoms with E-state index in [-0.39, 0.29) is 34.7 Å². The number of hydrogen-bond acceptors (Lipinski definition) is 6. The van der Waals surface area contributed by atoms with Gasteiger partial charge in [0.1, 0.15) is 5.75 Å². The third kappa shape index (κ3) is 5.35. The Labute approximate surface area is 254 Å². The molecular weight excluding hydrogens is 572 g/mol. The second kappa shape index (κ2) is 11.2.